The summed E-state index contributed by atoms with van der Waals surface area (Å²) in [5, 5.41) is 3.20. The molecular weight excluding hydrogens is 416 g/mol. The fraction of sp³-hybridized carbons (Fsp3) is 0.368. The van der Waals surface area contributed by atoms with Gasteiger partial charge in [0.2, 0.25) is 0 Å². The van der Waals surface area contributed by atoms with Crippen molar-refractivity contribution in [3.8, 4) is 5.75 Å². The van der Waals surface area contributed by atoms with Gasteiger partial charge in [-0.25, -0.2) is 9.78 Å². The van der Waals surface area contributed by atoms with E-state index >= 15 is 0 Å². The molecule has 0 aliphatic heterocycles. The highest BCUT2D eigenvalue weighted by molar-refractivity contribution is 9.10. The molecule has 0 aliphatic carbocycles. The van der Waals surface area contributed by atoms with Gasteiger partial charge >= 0.3 is 5.97 Å². The Hall–Kier alpha value is -1.73. The third-order valence-electron chi connectivity index (χ3n) is 3.58. The van der Waals surface area contributed by atoms with Gasteiger partial charge in [0, 0.05) is 9.79 Å². The maximum Gasteiger partial charge on any atom is 0.328 e. The molecule has 2 aromatic rings. The number of rotatable bonds is 8. The molecule has 0 radical (unpaired) electrons. The summed E-state index contributed by atoms with van der Waals surface area (Å²) >= 11 is 5.05. The zero-order valence-electron chi connectivity index (χ0n) is 15.3. The Morgan fingerprint density at radius 2 is 1.88 bits per heavy atom. The molecule has 0 saturated heterocycles. The summed E-state index contributed by atoms with van der Waals surface area (Å²) in [4.78, 5) is 18.6. The fourth-order valence-electron chi connectivity index (χ4n) is 2.39. The molecule has 0 amide bonds. The predicted octanol–water partition coefficient (Wildman–Crippen LogP) is 5.00. The van der Waals surface area contributed by atoms with Crippen molar-refractivity contribution >= 4 is 39.5 Å². The average molecular weight is 439 g/mol. The van der Waals surface area contributed by atoms with Gasteiger partial charge in [-0.2, -0.15) is 0 Å². The largest absolute Gasteiger partial charge is 0.497 e. The van der Waals surface area contributed by atoms with Crippen LogP contribution in [0, 0.1) is 5.92 Å². The minimum atomic E-state index is -0.430. The van der Waals surface area contributed by atoms with E-state index in [2.05, 4.69) is 40.1 Å². The lowest BCUT2D eigenvalue weighted by molar-refractivity contribution is -0.141. The van der Waals surface area contributed by atoms with Crippen LogP contribution in [0.4, 0.5) is 5.82 Å². The van der Waals surface area contributed by atoms with Gasteiger partial charge in [0.15, 0.2) is 0 Å². The predicted molar refractivity (Wildman–Crippen MR) is 108 cm³/mol. The molecule has 26 heavy (non-hydrogen) atoms. The Balaban J connectivity index is 2.17. The highest BCUT2D eigenvalue weighted by Gasteiger charge is 2.21. The minimum Gasteiger partial charge on any atom is -0.497 e. The highest BCUT2D eigenvalue weighted by atomic mass is 79.9. The number of halogens is 1. The molecule has 0 fully saturated rings. The third kappa shape index (κ3) is 6.21. The van der Waals surface area contributed by atoms with Crippen molar-refractivity contribution in [2.75, 3.05) is 19.5 Å². The van der Waals surface area contributed by atoms with Crippen LogP contribution < -0.4 is 10.1 Å². The van der Waals surface area contributed by atoms with E-state index in [-0.39, 0.29) is 5.97 Å². The number of anilines is 1. The number of carbonyl (C=O) groups is 1. The number of hydrogen-bond donors (Lipinski definition) is 1. The van der Waals surface area contributed by atoms with Crippen LogP contribution in [0.5, 0.6) is 5.75 Å². The maximum absolute atomic E-state index is 12.0. The highest BCUT2D eigenvalue weighted by Crippen LogP contribution is 2.32. The van der Waals surface area contributed by atoms with Crippen LogP contribution in [0.1, 0.15) is 20.3 Å². The standard InChI is InChI=1S/C19H23BrN2O3S/c1-12(2)9-16(19(23)25-4)21-18-11-15(10-17(20)22-18)26-14-7-5-13(24-3)6-8-14/h5-8,10-12,16H,9H2,1-4H3,(H,21,22). The summed E-state index contributed by atoms with van der Waals surface area (Å²) in [5.74, 6) is 1.52. The zero-order chi connectivity index (χ0) is 19.1. The number of pyridine rings is 1. The van der Waals surface area contributed by atoms with E-state index in [1.54, 1.807) is 18.9 Å². The topological polar surface area (TPSA) is 60.5 Å². The lowest BCUT2D eigenvalue weighted by Gasteiger charge is -2.19. The number of benzene rings is 1. The van der Waals surface area contributed by atoms with Gasteiger partial charge in [0.05, 0.1) is 14.2 Å². The smallest absolute Gasteiger partial charge is 0.328 e. The third-order valence-corrected chi connectivity index (χ3v) is 4.96. The second kappa shape index (κ2) is 9.83. The molecule has 0 saturated carbocycles. The fourth-order valence-corrected chi connectivity index (χ4v) is 3.87. The van der Waals surface area contributed by atoms with Gasteiger partial charge in [-0.15, -0.1) is 0 Å². The van der Waals surface area contributed by atoms with Crippen LogP contribution >= 0.6 is 27.7 Å². The van der Waals surface area contributed by atoms with Crippen LogP contribution in [0.2, 0.25) is 0 Å². The van der Waals surface area contributed by atoms with Crippen LogP contribution in [0.15, 0.2) is 50.8 Å². The molecule has 0 bridgehead atoms. The number of carbonyl (C=O) groups excluding carboxylic acids is 1. The number of esters is 1. The summed E-state index contributed by atoms with van der Waals surface area (Å²) in [6.45, 7) is 4.13. The Kier molecular flexibility index (Phi) is 7.78. The van der Waals surface area contributed by atoms with E-state index < -0.39 is 6.04 Å². The molecule has 0 aliphatic rings. The van der Waals surface area contributed by atoms with E-state index in [0.29, 0.717) is 22.8 Å². The first-order chi connectivity index (χ1) is 12.4. The van der Waals surface area contributed by atoms with Crippen molar-refractivity contribution < 1.29 is 14.3 Å². The number of methoxy groups -OCH3 is 2. The van der Waals surface area contributed by atoms with Gasteiger partial charge in [0.1, 0.15) is 22.2 Å². The number of aromatic nitrogens is 1. The lowest BCUT2D eigenvalue weighted by atomic mass is 10.0. The molecule has 1 N–H and O–H groups in total. The number of nitrogens with one attached hydrogen (secondary N) is 1. The van der Waals surface area contributed by atoms with E-state index in [9.17, 15) is 4.79 Å². The summed E-state index contributed by atoms with van der Waals surface area (Å²) < 4.78 is 10.8. The first-order valence-corrected chi connectivity index (χ1v) is 9.86. The summed E-state index contributed by atoms with van der Waals surface area (Å²) in [7, 11) is 3.05. The Bertz CT molecular complexity index is 738. The molecule has 140 valence electrons. The Labute approximate surface area is 167 Å². The minimum absolute atomic E-state index is 0.287. The van der Waals surface area contributed by atoms with Crippen LogP contribution in [0.25, 0.3) is 0 Å². The second-order valence-electron chi connectivity index (χ2n) is 6.14. The first-order valence-electron chi connectivity index (χ1n) is 8.25. The summed E-state index contributed by atoms with van der Waals surface area (Å²) in [5.41, 5.74) is 0. The molecule has 7 heteroatoms. The van der Waals surface area contributed by atoms with Crippen molar-refractivity contribution in [3.63, 3.8) is 0 Å². The van der Waals surface area contributed by atoms with Crippen molar-refractivity contribution in [2.45, 2.75) is 36.1 Å². The molecular formula is C19H23BrN2O3S. The second-order valence-corrected chi connectivity index (χ2v) is 8.10. The van der Waals surface area contributed by atoms with Gasteiger partial charge in [-0.3, -0.25) is 0 Å². The lowest BCUT2D eigenvalue weighted by Crippen LogP contribution is -2.32. The number of nitrogens with zero attached hydrogens (tertiary/aromatic N) is 1. The van der Waals surface area contributed by atoms with E-state index in [4.69, 9.17) is 9.47 Å². The van der Waals surface area contributed by atoms with Gasteiger partial charge in [-0.1, -0.05) is 25.6 Å². The molecule has 0 spiro atoms. The normalized spacial score (nSPS) is 11.9. The van der Waals surface area contributed by atoms with Gasteiger partial charge < -0.3 is 14.8 Å². The van der Waals surface area contributed by atoms with Crippen molar-refractivity contribution in [2.24, 2.45) is 5.92 Å². The molecule has 1 unspecified atom stereocenters. The SMILES string of the molecule is COC(=O)C(CC(C)C)Nc1cc(Sc2ccc(OC)cc2)cc(Br)n1. The maximum atomic E-state index is 12.0. The summed E-state index contributed by atoms with van der Waals surface area (Å²) in [6, 6.07) is 11.3. The summed E-state index contributed by atoms with van der Waals surface area (Å²) in [6.07, 6.45) is 0.668. The molecule has 2 rings (SSSR count). The molecule has 5 nitrogen and oxygen atoms in total. The van der Waals surface area contributed by atoms with Gasteiger partial charge in [-0.05, 0) is 64.7 Å². The molecule has 1 aromatic carbocycles. The molecule has 1 atom stereocenters. The van der Waals surface area contributed by atoms with Crippen LogP contribution in [0.3, 0.4) is 0 Å². The van der Waals surface area contributed by atoms with E-state index in [0.717, 1.165) is 15.5 Å². The Morgan fingerprint density at radius 3 is 2.46 bits per heavy atom. The van der Waals surface area contributed by atoms with E-state index in [1.807, 2.05) is 36.4 Å². The van der Waals surface area contributed by atoms with Crippen molar-refractivity contribution in [1.82, 2.24) is 4.98 Å². The average Bonchev–Trinajstić information content (AvgIpc) is 2.60. The quantitative estimate of drug-likeness (QED) is 0.461. The van der Waals surface area contributed by atoms with Crippen LogP contribution in [-0.2, 0) is 9.53 Å². The van der Waals surface area contributed by atoms with Crippen molar-refractivity contribution in [1.29, 1.82) is 0 Å². The molecule has 1 heterocycles. The van der Waals surface area contributed by atoms with Gasteiger partial charge in [0.25, 0.3) is 0 Å². The Morgan fingerprint density at radius 1 is 1.19 bits per heavy atom. The van der Waals surface area contributed by atoms with Crippen LogP contribution in [-0.4, -0.2) is 31.2 Å². The zero-order valence-corrected chi connectivity index (χ0v) is 17.7. The molecule has 1 aromatic heterocycles. The first kappa shape index (κ1) is 20.6. The van der Waals surface area contributed by atoms with Crippen molar-refractivity contribution in [3.05, 3.63) is 41.0 Å². The van der Waals surface area contributed by atoms with E-state index in [1.165, 1.54) is 7.11 Å². The number of ether oxygens (including phenoxy) is 2. The monoisotopic (exact) mass is 438 g/mol. The number of hydrogen-bond acceptors (Lipinski definition) is 6.